The summed E-state index contributed by atoms with van der Waals surface area (Å²) in [7, 11) is 0. The van der Waals surface area contributed by atoms with Crippen LogP contribution in [0.1, 0.15) is 56.9 Å². The number of amides is 1. The van der Waals surface area contributed by atoms with E-state index < -0.39 is 0 Å². The minimum Gasteiger partial charge on any atom is -0.355 e. The SMILES string of the molecule is CCCCCNC(=O)CSc1nc2sc3c(c2c(=O)n1CC)CCC(C)C3. The van der Waals surface area contributed by atoms with Gasteiger partial charge in [0.1, 0.15) is 4.83 Å². The Morgan fingerprint density at radius 3 is 2.93 bits per heavy atom. The minimum atomic E-state index is 0.00685. The maximum atomic E-state index is 13.1. The van der Waals surface area contributed by atoms with Crippen LogP contribution in [0.5, 0.6) is 0 Å². The van der Waals surface area contributed by atoms with Crippen molar-refractivity contribution in [1.29, 1.82) is 0 Å². The molecule has 0 aromatic carbocycles. The second-order valence-corrected chi connectivity index (χ2v) is 9.35. The molecule has 27 heavy (non-hydrogen) atoms. The van der Waals surface area contributed by atoms with E-state index in [2.05, 4.69) is 19.2 Å². The van der Waals surface area contributed by atoms with Gasteiger partial charge in [-0.2, -0.15) is 0 Å². The number of nitrogens with one attached hydrogen (secondary N) is 1. The number of unbranched alkanes of at least 4 members (excludes halogenated alkanes) is 2. The summed E-state index contributed by atoms with van der Waals surface area (Å²) in [5.74, 6) is 0.975. The maximum Gasteiger partial charge on any atom is 0.263 e. The number of carbonyl (C=O) groups is 1. The summed E-state index contributed by atoms with van der Waals surface area (Å²) < 4.78 is 1.72. The van der Waals surface area contributed by atoms with Crippen LogP contribution in [0.4, 0.5) is 0 Å². The van der Waals surface area contributed by atoms with Crippen molar-refractivity contribution in [3.05, 3.63) is 20.8 Å². The van der Waals surface area contributed by atoms with Gasteiger partial charge in [-0.15, -0.1) is 11.3 Å². The molecule has 0 saturated carbocycles. The van der Waals surface area contributed by atoms with Crippen LogP contribution in [0, 0.1) is 5.92 Å². The lowest BCUT2D eigenvalue weighted by Gasteiger charge is -2.17. The molecule has 1 unspecified atom stereocenters. The number of thioether (sulfide) groups is 1. The van der Waals surface area contributed by atoms with Crippen LogP contribution < -0.4 is 10.9 Å². The number of fused-ring (bicyclic) bond motifs is 3. The smallest absolute Gasteiger partial charge is 0.263 e. The van der Waals surface area contributed by atoms with Crippen LogP contribution in [-0.2, 0) is 24.2 Å². The first-order valence-electron chi connectivity index (χ1n) is 9.99. The van der Waals surface area contributed by atoms with Crippen molar-refractivity contribution in [3.8, 4) is 0 Å². The van der Waals surface area contributed by atoms with E-state index in [1.54, 1.807) is 15.9 Å². The summed E-state index contributed by atoms with van der Waals surface area (Å²) in [6, 6.07) is 0. The number of aromatic nitrogens is 2. The number of thiophene rings is 1. The number of hydrogen-bond acceptors (Lipinski definition) is 5. The predicted octanol–water partition coefficient (Wildman–Crippen LogP) is 4.00. The van der Waals surface area contributed by atoms with E-state index in [0.717, 1.165) is 55.3 Å². The fourth-order valence-corrected chi connectivity index (χ4v) is 5.89. The average Bonchev–Trinajstić information content (AvgIpc) is 3.01. The van der Waals surface area contributed by atoms with Crippen molar-refractivity contribution in [2.24, 2.45) is 5.92 Å². The molecule has 0 spiro atoms. The Balaban J connectivity index is 1.79. The molecular formula is C20H29N3O2S2. The van der Waals surface area contributed by atoms with E-state index in [1.807, 2.05) is 6.92 Å². The first-order valence-corrected chi connectivity index (χ1v) is 11.8. The van der Waals surface area contributed by atoms with Crippen LogP contribution in [0.15, 0.2) is 9.95 Å². The van der Waals surface area contributed by atoms with Gasteiger partial charge in [-0.25, -0.2) is 4.98 Å². The lowest BCUT2D eigenvalue weighted by atomic mass is 9.89. The summed E-state index contributed by atoms with van der Waals surface area (Å²) in [4.78, 5) is 32.1. The zero-order valence-electron chi connectivity index (χ0n) is 16.5. The summed E-state index contributed by atoms with van der Waals surface area (Å²) in [5, 5.41) is 4.42. The van der Waals surface area contributed by atoms with Gasteiger partial charge in [-0.05, 0) is 44.1 Å². The summed E-state index contributed by atoms with van der Waals surface area (Å²) in [5.41, 5.74) is 1.28. The molecule has 0 radical (unpaired) electrons. The summed E-state index contributed by atoms with van der Waals surface area (Å²) in [6.45, 7) is 7.67. The Kier molecular flexibility index (Phi) is 6.98. The second-order valence-electron chi connectivity index (χ2n) is 7.32. The average molecular weight is 408 g/mol. The molecule has 0 saturated heterocycles. The molecule has 2 aromatic rings. The third-order valence-corrected chi connectivity index (χ3v) is 7.26. The maximum absolute atomic E-state index is 13.1. The second kappa shape index (κ2) is 9.24. The Labute approximate surface area is 169 Å². The molecule has 2 heterocycles. The molecule has 3 rings (SSSR count). The molecule has 1 amide bonds. The molecule has 148 valence electrons. The van der Waals surface area contributed by atoms with Gasteiger partial charge >= 0.3 is 0 Å². The fraction of sp³-hybridized carbons (Fsp3) is 0.650. The number of nitrogens with zero attached hydrogens (tertiary/aromatic N) is 2. The standard InChI is InChI=1S/C20H29N3O2S2/c1-4-6-7-10-21-16(24)12-26-20-22-18-17(19(25)23(20)5-2)14-9-8-13(3)11-15(14)27-18/h13H,4-12H2,1-3H3,(H,21,24). The lowest BCUT2D eigenvalue weighted by Crippen LogP contribution is -2.27. The monoisotopic (exact) mass is 407 g/mol. The molecule has 1 atom stereocenters. The Morgan fingerprint density at radius 1 is 1.37 bits per heavy atom. The number of rotatable bonds is 8. The third-order valence-electron chi connectivity index (χ3n) is 5.13. The quantitative estimate of drug-likeness (QED) is 0.408. The highest BCUT2D eigenvalue weighted by atomic mass is 32.2. The van der Waals surface area contributed by atoms with Gasteiger partial charge in [-0.1, -0.05) is 38.5 Å². The van der Waals surface area contributed by atoms with Crippen LogP contribution in [0.25, 0.3) is 10.2 Å². The summed E-state index contributed by atoms with van der Waals surface area (Å²) >= 11 is 3.03. The first kappa shape index (κ1) is 20.4. The predicted molar refractivity (Wildman–Crippen MR) is 114 cm³/mol. The van der Waals surface area contributed by atoms with Gasteiger partial charge in [0.05, 0.1) is 11.1 Å². The van der Waals surface area contributed by atoms with Crippen molar-refractivity contribution >= 4 is 39.2 Å². The molecule has 1 aliphatic carbocycles. The van der Waals surface area contributed by atoms with Crippen LogP contribution >= 0.6 is 23.1 Å². The molecule has 1 aliphatic rings. The zero-order chi connectivity index (χ0) is 19.4. The van der Waals surface area contributed by atoms with E-state index in [9.17, 15) is 9.59 Å². The van der Waals surface area contributed by atoms with Gasteiger partial charge in [0.15, 0.2) is 5.16 Å². The van der Waals surface area contributed by atoms with Gasteiger partial charge < -0.3 is 5.32 Å². The molecule has 1 N–H and O–H groups in total. The van der Waals surface area contributed by atoms with Gasteiger partial charge in [0.2, 0.25) is 5.91 Å². The third kappa shape index (κ3) is 4.57. The number of carbonyl (C=O) groups excluding carboxylic acids is 1. The molecule has 0 fully saturated rings. The minimum absolute atomic E-state index is 0.00685. The largest absolute Gasteiger partial charge is 0.355 e. The van der Waals surface area contributed by atoms with Crippen molar-refractivity contribution in [1.82, 2.24) is 14.9 Å². The van der Waals surface area contributed by atoms with Crippen LogP contribution in [0.2, 0.25) is 0 Å². The molecule has 7 heteroatoms. The molecule has 5 nitrogen and oxygen atoms in total. The Hall–Kier alpha value is -1.34. The van der Waals surface area contributed by atoms with Crippen LogP contribution in [-0.4, -0.2) is 27.8 Å². The van der Waals surface area contributed by atoms with Crippen molar-refractivity contribution in [2.75, 3.05) is 12.3 Å². The Bertz CT molecular complexity index is 872. The van der Waals surface area contributed by atoms with Crippen molar-refractivity contribution in [3.63, 3.8) is 0 Å². The molecule has 2 aromatic heterocycles. The van der Waals surface area contributed by atoms with E-state index >= 15 is 0 Å². The van der Waals surface area contributed by atoms with E-state index in [1.165, 1.54) is 22.2 Å². The molecule has 0 bridgehead atoms. The van der Waals surface area contributed by atoms with Gasteiger partial charge in [0.25, 0.3) is 5.56 Å². The van der Waals surface area contributed by atoms with E-state index in [4.69, 9.17) is 4.98 Å². The zero-order valence-corrected chi connectivity index (χ0v) is 18.1. The highest BCUT2D eigenvalue weighted by Crippen LogP contribution is 2.36. The number of hydrogen-bond donors (Lipinski definition) is 1. The molecular weight excluding hydrogens is 378 g/mol. The fourth-order valence-electron chi connectivity index (χ4n) is 3.58. The first-order chi connectivity index (χ1) is 13.0. The van der Waals surface area contributed by atoms with E-state index in [-0.39, 0.29) is 11.5 Å². The summed E-state index contributed by atoms with van der Waals surface area (Å²) in [6.07, 6.45) is 6.44. The highest BCUT2D eigenvalue weighted by Gasteiger charge is 2.24. The molecule has 0 aliphatic heterocycles. The van der Waals surface area contributed by atoms with Gasteiger partial charge in [-0.3, -0.25) is 14.2 Å². The van der Waals surface area contributed by atoms with Crippen molar-refractivity contribution < 1.29 is 4.79 Å². The lowest BCUT2D eigenvalue weighted by molar-refractivity contribution is -0.118. The van der Waals surface area contributed by atoms with Crippen LogP contribution in [0.3, 0.4) is 0 Å². The highest BCUT2D eigenvalue weighted by molar-refractivity contribution is 7.99. The topological polar surface area (TPSA) is 64.0 Å². The normalized spacial score (nSPS) is 16.5. The Morgan fingerprint density at radius 2 is 2.19 bits per heavy atom. The van der Waals surface area contributed by atoms with E-state index in [0.29, 0.717) is 23.4 Å². The van der Waals surface area contributed by atoms with Gasteiger partial charge in [0, 0.05) is 18.0 Å². The number of aryl methyl sites for hydroxylation is 1. The van der Waals surface area contributed by atoms with Crippen molar-refractivity contribution in [2.45, 2.75) is 71.0 Å².